The summed E-state index contributed by atoms with van der Waals surface area (Å²) in [4.78, 5) is 12.3. The molecule has 0 saturated carbocycles. The van der Waals surface area contributed by atoms with Crippen LogP contribution in [0.25, 0.3) is 0 Å². The van der Waals surface area contributed by atoms with Crippen molar-refractivity contribution in [2.45, 2.75) is 0 Å². The highest BCUT2D eigenvalue weighted by Crippen LogP contribution is 2.33. The van der Waals surface area contributed by atoms with Gasteiger partial charge in [0.1, 0.15) is 19.0 Å². The number of nitrogens with one attached hydrogen (secondary N) is 2. The van der Waals surface area contributed by atoms with Gasteiger partial charge in [0, 0.05) is 23.1 Å². The average molecular weight is 399 g/mol. The zero-order valence-corrected chi connectivity index (χ0v) is 15.4. The Bertz CT molecular complexity index is 1000. The lowest BCUT2D eigenvalue weighted by molar-refractivity contribution is 0.102. The number of carbonyl (C=O) groups excluding carboxylic acids is 1. The Labute approximate surface area is 166 Å². The van der Waals surface area contributed by atoms with Crippen LogP contribution in [-0.2, 0) is 0 Å². The number of halogens is 2. The molecular weight excluding hydrogens is 383 g/mol. The monoisotopic (exact) mass is 398 g/mol. The second kappa shape index (κ2) is 7.78. The van der Waals surface area contributed by atoms with Gasteiger partial charge in [-0.1, -0.05) is 17.7 Å². The van der Waals surface area contributed by atoms with Crippen LogP contribution in [0.4, 0.5) is 21.5 Å². The van der Waals surface area contributed by atoms with Crippen LogP contribution in [0.15, 0.2) is 60.7 Å². The Balaban J connectivity index is 1.45. The van der Waals surface area contributed by atoms with Gasteiger partial charge in [0.2, 0.25) is 0 Å². The summed E-state index contributed by atoms with van der Waals surface area (Å²) in [6.07, 6.45) is 0. The summed E-state index contributed by atoms with van der Waals surface area (Å²) in [6.45, 7) is 1.07. The molecule has 0 aliphatic carbocycles. The van der Waals surface area contributed by atoms with E-state index in [0.717, 1.165) is 17.1 Å². The summed E-state index contributed by atoms with van der Waals surface area (Å²) < 4.78 is 24.9. The predicted octanol–water partition coefficient (Wildman–Crippen LogP) is 5.25. The van der Waals surface area contributed by atoms with Crippen molar-refractivity contribution < 1.29 is 18.7 Å². The number of anilines is 3. The van der Waals surface area contributed by atoms with Crippen LogP contribution in [0.3, 0.4) is 0 Å². The minimum atomic E-state index is -0.665. The summed E-state index contributed by atoms with van der Waals surface area (Å²) >= 11 is 5.93. The van der Waals surface area contributed by atoms with Crippen LogP contribution in [-0.4, -0.2) is 19.1 Å². The molecule has 0 fully saturated rings. The molecule has 0 bridgehead atoms. The van der Waals surface area contributed by atoms with Crippen molar-refractivity contribution in [1.29, 1.82) is 0 Å². The van der Waals surface area contributed by atoms with Crippen molar-refractivity contribution in [2.75, 3.05) is 23.8 Å². The van der Waals surface area contributed by atoms with Gasteiger partial charge in [-0.15, -0.1) is 0 Å². The van der Waals surface area contributed by atoms with Crippen LogP contribution in [0, 0.1) is 5.82 Å². The van der Waals surface area contributed by atoms with Crippen molar-refractivity contribution in [1.82, 2.24) is 0 Å². The van der Waals surface area contributed by atoms with Gasteiger partial charge in [-0.25, -0.2) is 4.39 Å². The van der Waals surface area contributed by atoms with E-state index in [9.17, 15) is 9.18 Å². The SMILES string of the molecule is O=C(Nc1ccc(Nc2ccc3c(c2)OCCO3)cc1)c1c(F)cccc1Cl. The summed E-state index contributed by atoms with van der Waals surface area (Å²) in [7, 11) is 0. The number of ether oxygens (including phenoxy) is 2. The van der Waals surface area contributed by atoms with Crippen LogP contribution in [0.1, 0.15) is 10.4 Å². The fourth-order valence-electron chi connectivity index (χ4n) is 2.83. The Morgan fingerprint density at radius 2 is 1.57 bits per heavy atom. The van der Waals surface area contributed by atoms with Gasteiger partial charge in [0.05, 0.1) is 10.6 Å². The normalized spacial score (nSPS) is 12.4. The molecule has 3 aromatic rings. The van der Waals surface area contributed by atoms with Crippen molar-refractivity contribution in [3.8, 4) is 11.5 Å². The zero-order valence-electron chi connectivity index (χ0n) is 14.7. The molecule has 1 aliphatic rings. The summed E-state index contributed by atoms with van der Waals surface area (Å²) in [6, 6.07) is 16.8. The number of fused-ring (bicyclic) bond motifs is 1. The molecule has 3 aromatic carbocycles. The molecular formula is C21H16ClFN2O3. The van der Waals surface area contributed by atoms with E-state index in [-0.39, 0.29) is 10.6 Å². The number of carbonyl (C=O) groups is 1. The van der Waals surface area contributed by atoms with Crippen LogP contribution < -0.4 is 20.1 Å². The van der Waals surface area contributed by atoms with E-state index in [1.807, 2.05) is 18.2 Å². The number of benzene rings is 3. The molecule has 0 unspecified atom stereocenters. The molecule has 1 amide bonds. The lowest BCUT2D eigenvalue weighted by atomic mass is 10.2. The minimum absolute atomic E-state index is 0.0643. The standard InChI is InChI=1S/C21H16ClFN2O3/c22-16-2-1-3-17(23)20(16)21(26)25-14-6-4-13(5-7-14)24-15-8-9-18-19(12-15)28-11-10-27-18/h1-9,12,24H,10-11H2,(H,25,26). The van der Waals surface area contributed by atoms with Crippen LogP contribution >= 0.6 is 11.6 Å². The Morgan fingerprint density at radius 3 is 2.32 bits per heavy atom. The van der Waals surface area contributed by atoms with Crippen LogP contribution in [0.2, 0.25) is 5.02 Å². The molecule has 2 N–H and O–H groups in total. The van der Waals surface area contributed by atoms with E-state index in [1.54, 1.807) is 24.3 Å². The summed E-state index contributed by atoms with van der Waals surface area (Å²) in [5.74, 6) is 0.154. The summed E-state index contributed by atoms with van der Waals surface area (Å²) in [5.41, 5.74) is 2.01. The van der Waals surface area contributed by atoms with E-state index >= 15 is 0 Å². The fraction of sp³-hybridized carbons (Fsp3) is 0.0952. The third-order valence-corrected chi connectivity index (χ3v) is 4.48. The summed E-state index contributed by atoms with van der Waals surface area (Å²) in [5, 5.41) is 5.96. The molecule has 7 heteroatoms. The molecule has 0 spiro atoms. The van der Waals surface area contributed by atoms with Gasteiger partial charge < -0.3 is 20.1 Å². The van der Waals surface area contributed by atoms with Crippen LogP contribution in [0.5, 0.6) is 11.5 Å². The number of rotatable bonds is 4. The van der Waals surface area contributed by atoms with E-state index < -0.39 is 11.7 Å². The topological polar surface area (TPSA) is 59.6 Å². The third-order valence-electron chi connectivity index (χ3n) is 4.16. The predicted molar refractivity (Wildman–Crippen MR) is 107 cm³/mol. The first kappa shape index (κ1) is 18.1. The van der Waals surface area contributed by atoms with E-state index in [0.29, 0.717) is 24.7 Å². The highest BCUT2D eigenvalue weighted by molar-refractivity contribution is 6.34. The first-order chi connectivity index (χ1) is 13.6. The maximum atomic E-state index is 13.9. The number of hydrogen-bond acceptors (Lipinski definition) is 4. The lowest BCUT2D eigenvalue weighted by Crippen LogP contribution is -2.15. The van der Waals surface area contributed by atoms with Gasteiger partial charge in [-0.3, -0.25) is 4.79 Å². The van der Waals surface area contributed by atoms with E-state index in [1.165, 1.54) is 18.2 Å². The second-order valence-electron chi connectivity index (χ2n) is 6.11. The Kier molecular flexibility index (Phi) is 5.04. The maximum Gasteiger partial charge on any atom is 0.260 e. The van der Waals surface area contributed by atoms with Gasteiger partial charge in [-0.05, 0) is 48.5 Å². The van der Waals surface area contributed by atoms with Crippen molar-refractivity contribution in [3.05, 3.63) is 77.1 Å². The molecule has 0 aromatic heterocycles. The van der Waals surface area contributed by atoms with Gasteiger partial charge in [0.25, 0.3) is 5.91 Å². The smallest absolute Gasteiger partial charge is 0.260 e. The minimum Gasteiger partial charge on any atom is -0.486 e. The van der Waals surface area contributed by atoms with Crippen molar-refractivity contribution >= 4 is 34.6 Å². The van der Waals surface area contributed by atoms with Gasteiger partial charge in [0.15, 0.2) is 11.5 Å². The Hall–Kier alpha value is -3.25. The molecule has 4 rings (SSSR count). The molecule has 1 aliphatic heterocycles. The molecule has 5 nitrogen and oxygen atoms in total. The first-order valence-corrected chi connectivity index (χ1v) is 9.00. The quantitative estimate of drug-likeness (QED) is 0.630. The molecule has 28 heavy (non-hydrogen) atoms. The first-order valence-electron chi connectivity index (χ1n) is 8.62. The molecule has 0 radical (unpaired) electrons. The largest absolute Gasteiger partial charge is 0.486 e. The molecule has 0 atom stereocenters. The van der Waals surface area contributed by atoms with Crippen molar-refractivity contribution in [3.63, 3.8) is 0 Å². The molecule has 142 valence electrons. The van der Waals surface area contributed by atoms with E-state index in [2.05, 4.69) is 10.6 Å². The Morgan fingerprint density at radius 1 is 0.893 bits per heavy atom. The molecule has 1 heterocycles. The van der Waals surface area contributed by atoms with Gasteiger partial charge >= 0.3 is 0 Å². The lowest BCUT2D eigenvalue weighted by Gasteiger charge is -2.19. The van der Waals surface area contributed by atoms with E-state index in [4.69, 9.17) is 21.1 Å². The fourth-order valence-corrected chi connectivity index (χ4v) is 3.08. The number of amides is 1. The molecule has 0 saturated heterocycles. The highest BCUT2D eigenvalue weighted by atomic mass is 35.5. The third kappa shape index (κ3) is 3.87. The second-order valence-corrected chi connectivity index (χ2v) is 6.52. The van der Waals surface area contributed by atoms with Crippen molar-refractivity contribution in [2.24, 2.45) is 0 Å². The number of hydrogen-bond donors (Lipinski definition) is 2. The average Bonchev–Trinajstić information content (AvgIpc) is 2.69. The zero-order chi connectivity index (χ0) is 19.5. The van der Waals surface area contributed by atoms with Gasteiger partial charge in [-0.2, -0.15) is 0 Å². The highest BCUT2D eigenvalue weighted by Gasteiger charge is 2.16. The maximum absolute atomic E-state index is 13.9.